The Morgan fingerprint density at radius 1 is 1.27 bits per heavy atom. The number of hydrogen-bond donors (Lipinski definition) is 1. The van der Waals surface area contributed by atoms with Gasteiger partial charge in [-0.3, -0.25) is 4.79 Å². The first-order valence-electron chi connectivity index (χ1n) is 6.58. The van der Waals surface area contributed by atoms with Crippen LogP contribution in [0.4, 0.5) is 14.5 Å². The van der Waals surface area contributed by atoms with Crippen LogP contribution in [0.25, 0.3) is 0 Å². The summed E-state index contributed by atoms with van der Waals surface area (Å²) in [6.45, 7) is 1.73. The van der Waals surface area contributed by atoms with Gasteiger partial charge in [0.15, 0.2) is 0 Å². The number of benzene rings is 2. The van der Waals surface area contributed by atoms with Crippen molar-refractivity contribution in [2.24, 2.45) is 0 Å². The van der Waals surface area contributed by atoms with Gasteiger partial charge < -0.3 is 5.32 Å². The first-order chi connectivity index (χ1) is 10.5. The van der Waals surface area contributed by atoms with Crippen LogP contribution in [-0.4, -0.2) is 11.2 Å². The summed E-state index contributed by atoms with van der Waals surface area (Å²) in [5, 5.41) is 2.02. The number of amides is 1. The molecular formula is C16H14BrF2NOS. The van der Waals surface area contributed by atoms with Crippen molar-refractivity contribution >= 4 is 39.3 Å². The molecule has 0 fully saturated rings. The van der Waals surface area contributed by atoms with Crippen molar-refractivity contribution in [1.82, 2.24) is 0 Å². The van der Waals surface area contributed by atoms with E-state index in [4.69, 9.17) is 0 Å². The topological polar surface area (TPSA) is 29.1 Å². The van der Waals surface area contributed by atoms with E-state index in [0.29, 0.717) is 5.75 Å². The van der Waals surface area contributed by atoms with Gasteiger partial charge in [-0.25, -0.2) is 8.78 Å². The third-order valence-electron chi connectivity index (χ3n) is 3.00. The minimum atomic E-state index is -0.655. The SMILES string of the molecule is CC(SCc1ccccc1Br)C(=O)Nc1cc(F)ccc1F. The second-order valence-corrected chi connectivity index (χ2v) is 6.84. The quantitative estimate of drug-likeness (QED) is 0.785. The molecule has 0 saturated heterocycles. The lowest BCUT2D eigenvalue weighted by atomic mass is 10.2. The van der Waals surface area contributed by atoms with Crippen molar-refractivity contribution in [3.8, 4) is 0 Å². The molecule has 0 radical (unpaired) electrons. The maximum atomic E-state index is 13.5. The molecule has 2 aromatic carbocycles. The maximum absolute atomic E-state index is 13.5. The zero-order valence-corrected chi connectivity index (χ0v) is 14.2. The molecule has 0 aliphatic carbocycles. The molecule has 2 rings (SSSR count). The lowest BCUT2D eigenvalue weighted by Crippen LogP contribution is -2.23. The van der Waals surface area contributed by atoms with Crippen molar-refractivity contribution in [1.29, 1.82) is 0 Å². The van der Waals surface area contributed by atoms with Gasteiger partial charge in [0, 0.05) is 16.3 Å². The van der Waals surface area contributed by atoms with Gasteiger partial charge in [-0.15, -0.1) is 11.8 Å². The number of nitrogens with one attached hydrogen (secondary N) is 1. The third kappa shape index (κ3) is 4.55. The van der Waals surface area contributed by atoms with Gasteiger partial charge in [0.2, 0.25) is 5.91 Å². The van der Waals surface area contributed by atoms with Crippen LogP contribution in [0.15, 0.2) is 46.9 Å². The molecule has 0 saturated carbocycles. The van der Waals surface area contributed by atoms with Crippen molar-refractivity contribution < 1.29 is 13.6 Å². The Morgan fingerprint density at radius 3 is 2.73 bits per heavy atom. The monoisotopic (exact) mass is 385 g/mol. The molecule has 6 heteroatoms. The predicted molar refractivity (Wildman–Crippen MR) is 89.9 cm³/mol. The zero-order valence-electron chi connectivity index (χ0n) is 11.8. The molecule has 0 bridgehead atoms. The van der Waals surface area contributed by atoms with Gasteiger partial charge in [-0.1, -0.05) is 34.1 Å². The van der Waals surface area contributed by atoms with Gasteiger partial charge in [0.05, 0.1) is 10.9 Å². The molecule has 1 N–H and O–H groups in total. The summed E-state index contributed by atoms with van der Waals surface area (Å²) in [5.74, 6) is -0.966. The molecule has 0 aliphatic rings. The zero-order chi connectivity index (χ0) is 16.1. The summed E-state index contributed by atoms with van der Waals surface area (Å²) in [6.07, 6.45) is 0. The third-order valence-corrected chi connectivity index (χ3v) is 4.97. The fraction of sp³-hybridized carbons (Fsp3) is 0.188. The highest BCUT2D eigenvalue weighted by molar-refractivity contribution is 9.10. The molecule has 116 valence electrons. The van der Waals surface area contributed by atoms with Crippen molar-refractivity contribution in [3.05, 3.63) is 64.1 Å². The normalized spacial score (nSPS) is 12.0. The van der Waals surface area contributed by atoms with Crippen LogP contribution in [0, 0.1) is 11.6 Å². The van der Waals surface area contributed by atoms with E-state index >= 15 is 0 Å². The maximum Gasteiger partial charge on any atom is 0.237 e. The van der Waals surface area contributed by atoms with Crippen molar-refractivity contribution in [3.63, 3.8) is 0 Å². The highest BCUT2D eigenvalue weighted by atomic mass is 79.9. The molecule has 1 unspecified atom stereocenters. The molecule has 0 heterocycles. The molecule has 0 spiro atoms. The van der Waals surface area contributed by atoms with Crippen molar-refractivity contribution in [2.75, 3.05) is 5.32 Å². The molecule has 0 aliphatic heterocycles. The first kappa shape index (κ1) is 17.0. The van der Waals surface area contributed by atoms with Crippen LogP contribution in [0.5, 0.6) is 0 Å². The molecule has 2 nitrogen and oxygen atoms in total. The van der Waals surface area contributed by atoms with Crippen LogP contribution >= 0.6 is 27.7 Å². The number of thioether (sulfide) groups is 1. The largest absolute Gasteiger partial charge is 0.323 e. The number of hydrogen-bond acceptors (Lipinski definition) is 2. The van der Waals surface area contributed by atoms with Gasteiger partial charge in [0.25, 0.3) is 0 Å². The summed E-state index contributed by atoms with van der Waals surface area (Å²) in [7, 11) is 0. The second-order valence-electron chi connectivity index (χ2n) is 4.66. The van der Waals surface area contributed by atoms with E-state index in [1.165, 1.54) is 11.8 Å². The summed E-state index contributed by atoms with van der Waals surface area (Å²) >= 11 is 4.87. The summed E-state index contributed by atoms with van der Waals surface area (Å²) in [4.78, 5) is 12.0. The lowest BCUT2D eigenvalue weighted by Gasteiger charge is -2.13. The summed E-state index contributed by atoms with van der Waals surface area (Å²) in [6, 6.07) is 10.7. The molecule has 1 amide bonds. The van der Waals surface area contributed by atoms with E-state index in [1.54, 1.807) is 6.92 Å². The average Bonchev–Trinajstić information content (AvgIpc) is 2.49. The fourth-order valence-electron chi connectivity index (χ4n) is 1.73. The van der Waals surface area contributed by atoms with E-state index in [0.717, 1.165) is 28.2 Å². The molecule has 1 atom stereocenters. The molecule has 22 heavy (non-hydrogen) atoms. The van der Waals surface area contributed by atoms with E-state index in [1.807, 2.05) is 24.3 Å². The van der Waals surface area contributed by atoms with Crippen LogP contribution in [0.2, 0.25) is 0 Å². The van der Waals surface area contributed by atoms with Crippen LogP contribution in [-0.2, 0) is 10.5 Å². The van der Waals surface area contributed by atoms with Gasteiger partial charge >= 0.3 is 0 Å². The standard InChI is InChI=1S/C16H14BrF2NOS/c1-10(22-9-11-4-2-3-5-13(11)17)16(21)20-15-8-12(18)6-7-14(15)19/h2-8,10H,9H2,1H3,(H,20,21). The summed E-state index contributed by atoms with van der Waals surface area (Å²) in [5.41, 5.74) is 0.933. The number of carbonyl (C=O) groups excluding carboxylic acids is 1. The Labute approximate surface area is 140 Å². The highest BCUT2D eigenvalue weighted by Gasteiger charge is 2.16. The van der Waals surface area contributed by atoms with Gasteiger partial charge in [0.1, 0.15) is 11.6 Å². The van der Waals surface area contributed by atoms with E-state index in [9.17, 15) is 13.6 Å². The minimum Gasteiger partial charge on any atom is -0.323 e. The predicted octanol–water partition coefficient (Wildman–Crippen LogP) is 4.99. The lowest BCUT2D eigenvalue weighted by molar-refractivity contribution is -0.115. The Balaban J connectivity index is 1.95. The van der Waals surface area contributed by atoms with Crippen molar-refractivity contribution in [2.45, 2.75) is 17.9 Å². The Hall–Kier alpha value is -1.40. The summed E-state index contributed by atoms with van der Waals surface area (Å²) < 4.78 is 27.6. The molecule has 2 aromatic rings. The highest BCUT2D eigenvalue weighted by Crippen LogP contribution is 2.25. The fourth-order valence-corrected chi connectivity index (χ4v) is 3.24. The van der Waals surface area contributed by atoms with E-state index in [2.05, 4.69) is 21.2 Å². The molecular weight excluding hydrogens is 372 g/mol. The Bertz CT molecular complexity index is 681. The first-order valence-corrected chi connectivity index (χ1v) is 8.42. The number of anilines is 1. The number of halogens is 3. The van der Waals surface area contributed by atoms with Crippen LogP contribution in [0.3, 0.4) is 0 Å². The smallest absolute Gasteiger partial charge is 0.237 e. The van der Waals surface area contributed by atoms with Crippen LogP contribution in [0.1, 0.15) is 12.5 Å². The second kappa shape index (κ2) is 7.74. The minimum absolute atomic E-state index is 0.140. The number of carbonyl (C=O) groups is 1. The van der Waals surface area contributed by atoms with Gasteiger partial charge in [-0.05, 0) is 30.7 Å². The average molecular weight is 386 g/mol. The Morgan fingerprint density at radius 2 is 2.00 bits per heavy atom. The Kier molecular flexibility index (Phi) is 5.97. The number of rotatable bonds is 5. The van der Waals surface area contributed by atoms with E-state index < -0.39 is 16.9 Å². The van der Waals surface area contributed by atoms with Gasteiger partial charge in [-0.2, -0.15) is 0 Å². The molecule has 0 aromatic heterocycles. The van der Waals surface area contributed by atoms with E-state index in [-0.39, 0.29) is 11.6 Å². The van der Waals surface area contributed by atoms with Crippen LogP contribution < -0.4 is 5.32 Å².